The lowest BCUT2D eigenvalue weighted by molar-refractivity contribution is 0.0628. The third kappa shape index (κ3) is 2.15. The second-order valence-corrected chi connectivity index (χ2v) is 4.45. The summed E-state index contributed by atoms with van der Waals surface area (Å²) < 4.78 is 3.70. The Bertz CT molecular complexity index is 327. The maximum Gasteiger partial charge on any atom is 0.267 e. The highest BCUT2D eigenvalue weighted by Crippen LogP contribution is 2.19. The number of nitrogens with zero attached hydrogens (tertiary/aromatic N) is 3. The standard InChI is InChI=1S/C9H14N4OS/c10-5-7-3-1-2-4-13(7)9(14)8-6-11-12-15-8/h6-7H,1-5,10H2. The lowest BCUT2D eigenvalue weighted by Crippen LogP contribution is -2.47. The van der Waals surface area contributed by atoms with E-state index in [9.17, 15) is 4.79 Å². The van der Waals surface area contributed by atoms with E-state index in [0.29, 0.717) is 11.4 Å². The fraction of sp³-hybridized carbons (Fsp3) is 0.667. The molecule has 6 heteroatoms. The number of hydrogen-bond acceptors (Lipinski definition) is 5. The van der Waals surface area contributed by atoms with Crippen molar-refractivity contribution < 1.29 is 4.79 Å². The number of piperidine rings is 1. The van der Waals surface area contributed by atoms with Crippen LogP contribution in [-0.4, -0.2) is 39.5 Å². The molecule has 0 bridgehead atoms. The van der Waals surface area contributed by atoms with Gasteiger partial charge in [-0.05, 0) is 30.8 Å². The number of nitrogens with two attached hydrogens (primary N) is 1. The predicted octanol–water partition coefficient (Wildman–Crippen LogP) is 0.491. The molecule has 0 spiro atoms. The number of aromatic nitrogens is 2. The highest BCUT2D eigenvalue weighted by atomic mass is 32.1. The fourth-order valence-electron chi connectivity index (χ4n) is 1.92. The van der Waals surface area contributed by atoms with Crippen molar-refractivity contribution >= 4 is 17.4 Å². The molecule has 1 atom stereocenters. The lowest BCUT2D eigenvalue weighted by atomic mass is 10.0. The largest absolute Gasteiger partial charge is 0.334 e. The highest BCUT2D eigenvalue weighted by molar-refractivity contribution is 7.07. The van der Waals surface area contributed by atoms with E-state index in [2.05, 4.69) is 9.59 Å². The van der Waals surface area contributed by atoms with Gasteiger partial charge in [0.05, 0.1) is 6.20 Å². The number of likely N-dealkylation sites (tertiary alicyclic amines) is 1. The monoisotopic (exact) mass is 226 g/mol. The van der Waals surface area contributed by atoms with E-state index >= 15 is 0 Å². The molecule has 1 saturated heterocycles. The van der Waals surface area contributed by atoms with Crippen LogP contribution in [-0.2, 0) is 0 Å². The Kier molecular flexibility index (Phi) is 3.27. The maximum absolute atomic E-state index is 12.0. The third-order valence-corrected chi connectivity index (χ3v) is 3.38. The minimum atomic E-state index is 0.0279. The molecule has 0 saturated carbocycles. The van der Waals surface area contributed by atoms with Gasteiger partial charge in [-0.15, -0.1) is 5.10 Å². The first-order valence-electron chi connectivity index (χ1n) is 5.11. The van der Waals surface area contributed by atoms with E-state index < -0.39 is 0 Å². The quantitative estimate of drug-likeness (QED) is 0.796. The summed E-state index contributed by atoms with van der Waals surface area (Å²) in [6.07, 6.45) is 4.75. The Hall–Kier alpha value is -1.01. The Morgan fingerprint density at radius 2 is 2.53 bits per heavy atom. The first-order valence-corrected chi connectivity index (χ1v) is 5.88. The molecule has 2 N–H and O–H groups in total. The maximum atomic E-state index is 12.0. The molecule has 82 valence electrons. The first kappa shape index (κ1) is 10.5. The zero-order chi connectivity index (χ0) is 10.7. The van der Waals surface area contributed by atoms with Gasteiger partial charge in [0.2, 0.25) is 0 Å². The molecular weight excluding hydrogens is 212 g/mol. The molecule has 0 aromatic carbocycles. The fourth-order valence-corrected chi connectivity index (χ4v) is 2.39. The second kappa shape index (κ2) is 4.67. The molecule has 1 amide bonds. The number of carbonyl (C=O) groups excluding carboxylic acids is 1. The number of rotatable bonds is 2. The summed E-state index contributed by atoms with van der Waals surface area (Å²) in [7, 11) is 0. The Labute approximate surface area is 92.4 Å². The summed E-state index contributed by atoms with van der Waals surface area (Å²) >= 11 is 1.14. The smallest absolute Gasteiger partial charge is 0.267 e. The molecule has 0 aliphatic carbocycles. The zero-order valence-electron chi connectivity index (χ0n) is 8.43. The van der Waals surface area contributed by atoms with Gasteiger partial charge in [0, 0.05) is 19.1 Å². The Morgan fingerprint density at radius 1 is 1.67 bits per heavy atom. The summed E-state index contributed by atoms with van der Waals surface area (Å²) in [4.78, 5) is 14.5. The van der Waals surface area contributed by atoms with Gasteiger partial charge in [0.1, 0.15) is 4.88 Å². The Morgan fingerprint density at radius 3 is 3.20 bits per heavy atom. The van der Waals surface area contributed by atoms with E-state index in [0.717, 1.165) is 37.3 Å². The van der Waals surface area contributed by atoms with Gasteiger partial charge in [-0.3, -0.25) is 4.79 Å². The number of amides is 1. The average Bonchev–Trinajstić information content (AvgIpc) is 2.81. The van der Waals surface area contributed by atoms with Gasteiger partial charge >= 0.3 is 0 Å². The summed E-state index contributed by atoms with van der Waals surface area (Å²) in [5.41, 5.74) is 5.66. The van der Waals surface area contributed by atoms with Gasteiger partial charge in [-0.1, -0.05) is 4.49 Å². The summed E-state index contributed by atoms with van der Waals surface area (Å²) in [5, 5.41) is 3.68. The molecule has 5 nitrogen and oxygen atoms in total. The van der Waals surface area contributed by atoms with Crippen LogP contribution in [0.15, 0.2) is 6.20 Å². The summed E-state index contributed by atoms with van der Waals surface area (Å²) in [6.45, 7) is 1.34. The molecular formula is C9H14N4OS. The van der Waals surface area contributed by atoms with E-state index in [-0.39, 0.29) is 11.9 Å². The van der Waals surface area contributed by atoms with Crippen molar-refractivity contribution in [2.75, 3.05) is 13.1 Å². The molecule has 1 fully saturated rings. The summed E-state index contributed by atoms with van der Waals surface area (Å²) in [5.74, 6) is 0.0279. The average molecular weight is 226 g/mol. The lowest BCUT2D eigenvalue weighted by Gasteiger charge is -2.34. The van der Waals surface area contributed by atoms with Crippen LogP contribution in [0.1, 0.15) is 28.9 Å². The van der Waals surface area contributed by atoms with Crippen LogP contribution in [0, 0.1) is 0 Å². The molecule has 1 aromatic rings. The van der Waals surface area contributed by atoms with Gasteiger partial charge in [0.25, 0.3) is 5.91 Å². The van der Waals surface area contributed by atoms with Crippen molar-refractivity contribution in [3.63, 3.8) is 0 Å². The van der Waals surface area contributed by atoms with Crippen molar-refractivity contribution in [1.29, 1.82) is 0 Å². The molecule has 2 heterocycles. The molecule has 1 unspecified atom stereocenters. The van der Waals surface area contributed by atoms with Crippen LogP contribution in [0.2, 0.25) is 0 Å². The Balaban J connectivity index is 2.11. The zero-order valence-corrected chi connectivity index (χ0v) is 9.24. The first-order chi connectivity index (χ1) is 7.33. The van der Waals surface area contributed by atoms with Crippen LogP contribution in [0.25, 0.3) is 0 Å². The van der Waals surface area contributed by atoms with Crippen molar-refractivity contribution in [2.24, 2.45) is 5.73 Å². The van der Waals surface area contributed by atoms with E-state index in [1.807, 2.05) is 4.90 Å². The predicted molar refractivity (Wildman–Crippen MR) is 57.6 cm³/mol. The van der Waals surface area contributed by atoms with Crippen LogP contribution in [0.5, 0.6) is 0 Å². The molecule has 1 aromatic heterocycles. The van der Waals surface area contributed by atoms with Gasteiger partial charge in [-0.2, -0.15) is 0 Å². The van der Waals surface area contributed by atoms with Gasteiger partial charge < -0.3 is 10.6 Å². The van der Waals surface area contributed by atoms with Crippen LogP contribution in [0.4, 0.5) is 0 Å². The molecule has 1 aliphatic heterocycles. The molecule has 1 aliphatic rings. The van der Waals surface area contributed by atoms with Crippen LogP contribution in [0.3, 0.4) is 0 Å². The number of hydrogen-bond donors (Lipinski definition) is 1. The second-order valence-electron chi connectivity index (χ2n) is 3.67. The SMILES string of the molecule is NCC1CCCCN1C(=O)c1cnns1. The van der Waals surface area contributed by atoms with Crippen LogP contribution < -0.4 is 5.73 Å². The third-order valence-electron chi connectivity index (χ3n) is 2.73. The van der Waals surface area contributed by atoms with E-state index in [4.69, 9.17) is 5.73 Å². The molecule has 15 heavy (non-hydrogen) atoms. The van der Waals surface area contributed by atoms with Gasteiger partial charge in [-0.25, -0.2) is 0 Å². The minimum Gasteiger partial charge on any atom is -0.334 e. The normalized spacial score (nSPS) is 21.7. The van der Waals surface area contributed by atoms with E-state index in [1.54, 1.807) is 0 Å². The van der Waals surface area contributed by atoms with Crippen LogP contribution >= 0.6 is 11.5 Å². The topological polar surface area (TPSA) is 72.1 Å². The minimum absolute atomic E-state index is 0.0279. The van der Waals surface area contributed by atoms with Gasteiger partial charge in [0.15, 0.2) is 0 Å². The van der Waals surface area contributed by atoms with Crippen molar-refractivity contribution in [3.05, 3.63) is 11.1 Å². The van der Waals surface area contributed by atoms with Crippen molar-refractivity contribution in [2.45, 2.75) is 25.3 Å². The van der Waals surface area contributed by atoms with E-state index in [1.165, 1.54) is 6.20 Å². The highest BCUT2D eigenvalue weighted by Gasteiger charge is 2.27. The number of carbonyl (C=O) groups is 1. The summed E-state index contributed by atoms with van der Waals surface area (Å²) in [6, 6.07) is 0.188. The van der Waals surface area contributed by atoms with Crippen molar-refractivity contribution in [1.82, 2.24) is 14.5 Å². The van der Waals surface area contributed by atoms with Crippen molar-refractivity contribution in [3.8, 4) is 0 Å². The molecule has 0 radical (unpaired) electrons. The molecule has 2 rings (SSSR count).